The third-order valence-corrected chi connectivity index (χ3v) is 4.74. The van der Waals surface area contributed by atoms with Gasteiger partial charge in [-0.3, -0.25) is 0 Å². The lowest BCUT2D eigenvalue weighted by Crippen LogP contribution is -1.99. The van der Waals surface area contributed by atoms with Crippen molar-refractivity contribution in [2.24, 2.45) is 0 Å². The highest BCUT2D eigenvalue weighted by Gasteiger charge is 2.11. The molecule has 0 saturated heterocycles. The summed E-state index contributed by atoms with van der Waals surface area (Å²) in [6.07, 6.45) is 1.88. The van der Waals surface area contributed by atoms with Gasteiger partial charge >= 0.3 is 0 Å². The summed E-state index contributed by atoms with van der Waals surface area (Å²) < 4.78 is 0. The zero-order chi connectivity index (χ0) is 14.7. The van der Waals surface area contributed by atoms with Gasteiger partial charge in [0.05, 0.1) is 0 Å². The fourth-order valence-electron chi connectivity index (χ4n) is 1.96. The monoisotopic (exact) mass is 306 g/mol. The molecule has 0 unspecified atom stereocenters. The van der Waals surface area contributed by atoms with Crippen molar-refractivity contribution in [1.82, 2.24) is 9.97 Å². The normalized spacial score (nSPS) is 10.8. The zero-order valence-electron chi connectivity index (χ0n) is 12.3. The Labute approximate surface area is 130 Å². The van der Waals surface area contributed by atoms with Crippen LogP contribution < -0.4 is 0 Å². The highest BCUT2D eigenvalue weighted by atomic mass is 35.5. The van der Waals surface area contributed by atoms with Crippen LogP contribution in [-0.4, -0.2) is 9.97 Å². The van der Waals surface area contributed by atoms with Gasteiger partial charge in [-0.1, -0.05) is 48.0 Å². The molecule has 1 heterocycles. The van der Waals surface area contributed by atoms with Crippen LogP contribution in [0.2, 0.25) is 5.15 Å². The Balaban J connectivity index is 2.37. The molecule has 2 nitrogen and oxygen atoms in total. The van der Waals surface area contributed by atoms with E-state index in [-0.39, 0.29) is 0 Å². The Morgan fingerprint density at radius 3 is 2.55 bits per heavy atom. The molecule has 0 aliphatic rings. The maximum absolute atomic E-state index is 6.22. The molecule has 1 aromatic heterocycles. The second-order valence-corrected chi connectivity index (χ2v) is 6.37. The molecule has 4 heteroatoms. The first-order valence-electron chi connectivity index (χ1n) is 6.79. The van der Waals surface area contributed by atoms with Crippen LogP contribution in [0.3, 0.4) is 0 Å². The van der Waals surface area contributed by atoms with E-state index in [1.165, 1.54) is 16.0 Å². The Kier molecular flexibility index (Phi) is 5.06. The van der Waals surface area contributed by atoms with Gasteiger partial charge in [-0.15, -0.1) is 0 Å². The standard InChI is InChI=1S/C16H19ClN2S/c1-5-6-14-18-15(17)12(4)16(19-14)20-13-8-7-10(2)9-11(13)3/h7-9H,5-6H2,1-4H3. The van der Waals surface area contributed by atoms with Crippen molar-refractivity contribution in [2.45, 2.75) is 50.5 Å². The molecule has 2 rings (SSSR count). The summed E-state index contributed by atoms with van der Waals surface area (Å²) in [5.41, 5.74) is 3.49. The summed E-state index contributed by atoms with van der Waals surface area (Å²) in [6, 6.07) is 6.46. The van der Waals surface area contributed by atoms with E-state index in [2.05, 4.69) is 48.9 Å². The van der Waals surface area contributed by atoms with Crippen LogP contribution in [0.4, 0.5) is 0 Å². The number of nitrogens with zero attached hydrogens (tertiary/aromatic N) is 2. The van der Waals surface area contributed by atoms with Gasteiger partial charge in [0.1, 0.15) is 16.0 Å². The summed E-state index contributed by atoms with van der Waals surface area (Å²) in [5.74, 6) is 0.829. The molecule has 106 valence electrons. The van der Waals surface area contributed by atoms with Gasteiger partial charge in [-0.25, -0.2) is 9.97 Å². The van der Waals surface area contributed by atoms with Gasteiger partial charge < -0.3 is 0 Å². The molecule has 20 heavy (non-hydrogen) atoms. The molecule has 0 saturated carbocycles. The van der Waals surface area contributed by atoms with Crippen molar-refractivity contribution in [1.29, 1.82) is 0 Å². The van der Waals surface area contributed by atoms with Crippen LogP contribution >= 0.6 is 23.4 Å². The fraction of sp³-hybridized carbons (Fsp3) is 0.375. The van der Waals surface area contributed by atoms with Gasteiger partial charge in [0.2, 0.25) is 0 Å². The Morgan fingerprint density at radius 2 is 1.90 bits per heavy atom. The first-order chi connectivity index (χ1) is 9.51. The first-order valence-corrected chi connectivity index (χ1v) is 7.98. The Bertz CT molecular complexity index is 626. The van der Waals surface area contributed by atoms with Crippen LogP contribution in [0.25, 0.3) is 0 Å². The largest absolute Gasteiger partial charge is 0.226 e. The molecular formula is C16H19ClN2S. The molecule has 0 spiro atoms. The molecule has 0 N–H and O–H groups in total. The summed E-state index contributed by atoms with van der Waals surface area (Å²) >= 11 is 7.89. The van der Waals surface area contributed by atoms with Gasteiger partial charge in [0.25, 0.3) is 0 Å². The van der Waals surface area contributed by atoms with Gasteiger partial charge in [0, 0.05) is 16.9 Å². The topological polar surface area (TPSA) is 25.8 Å². The molecule has 0 aliphatic heterocycles. The van der Waals surface area contributed by atoms with E-state index in [4.69, 9.17) is 11.6 Å². The van der Waals surface area contributed by atoms with Crippen molar-refractivity contribution in [2.75, 3.05) is 0 Å². The van der Waals surface area contributed by atoms with E-state index < -0.39 is 0 Å². The van der Waals surface area contributed by atoms with Crippen molar-refractivity contribution in [3.05, 3.63) is 45.9 Å². The highest BCUT2D eigenvalue weighted by molar-refractivity contribution is 7.99. The molecule has 0 radical (unpaired) electrons. The lowest BCUT2D eigenvalue weighted by atomic mass is 10.2. The molecule has 2 aromatic rings. The first kappa shape index (κ1) is 15.3. The predicted octanol–water partition coefficient (Wildman–Crippen LogP) is 5.16. The molecule has 0 bridgehead atoms. The molecule has 0 aliphatic carbocycles. The van der Waals surface area contributed by atoms with E-state index in [0.717, 1.165) is 29.3 Å². The highest BCUT2D eigenvalue weighted by Crippen LogP contribution is 2.33. The van der Waals surface area contributed by atoms with Gasteiger partial charge in [-0.2, -0.15) is 0 Å². The second-order valence-electron chi connectivity index (χ2n) is 4.98. The average molecular weight is 307 g/mol. The minimum absolute atomic E-state index is 0.565. The smallest absolute Gasteiger partial charge is 0.136 e. The molecular weight excluding hydrogens is 288 g/mol. The Hall–Kier alpha value is -1.06. The molecule has 1 aromatic carbocycles. The maximum atomic E-state index is 6.22. The number of benzene rings is 1. The zero-order valence-corrected chi connectivity index (χ0v) is 13.9. The van der Waals surface area contributed by atoms with Crippen molar-refractivity contribution < 1.29 is 0 Å². The van der Waals surface area contributed by atoms with Gasteiger partial charge in [-0.05, 0) is 38.8 Å². The van der Waals surface area contributed by atoms with Crippen LogP contribution in [0.15, 0.2) is 28.1 Å². The van der Waals surface area contributed by atoms with Crippen molar-refractivity contribution in [3.8, 4) is 0 Å². The third-order valence-electron chi connectivity index (χ3n) is 3.10. The quantitative estimate of drug-likeness (QED) is 0.730. The van der Waals surface area contributed by atoms with E-state index in [0.29, 0.717) is 5.15 Å². The lowest BCUT2D eigenvalue weighted by Gasteiger charge is -2.10. The minimum atomic E-state index is 0.565. The average Bonchev–Trinajstić information content (AvgIpc) is 2.39. The maximum Gasteiger partial charge on any atom is 0.136 e. The summed E-state index contributed by atoms with van der Waals surface area (Å²) in [5, 5.41) is 1.52. The fourth-order valence-corrected chi connectivity index (χ4v) is 3.17. The number of aryl methyl sites for hydroxylation is 3. The van der Waals surface area contributed by atoms with E-state index in [9.17, 15) is 0 Å². The molecule has 0 fully saturated rings. The Morgan fingerprint density at radius 1 is 1.15 bits per heavy atom. The van der Waals surface area contributed by atoms with Gasteiger partial charge in [0.15, 0.2) is 0 Å². The minimum Gasteiger partial charge on any atom is -0.226 e. The number of hydrogen-bond acceptors (Lipinski definition) is 3. The second kappa shape index (κ2) is 6.59. The van der Waals surface area contributed by atoms with Crippen LogP contribution in [0.1, 0.15) is 35.9 Å². The van der Waals surface area contributed by atoms with Crippen molar-refractivity contribution in [3.63, 3.8) is 0 Å². The number of hydrogen-bond donors (Lipinski definition) is 0. The van der Waals surface area contributed by atoms with E-state index in [1.807, 2.05) is 6.92 Å². The number of rotatable bonds is 4. The van der Waals surface area contributed by atoms with Crippen LogP contribution in [0, 0.1) is 20.8 Å². The number of halogens is 1. The molecule has 0 atom stereocenters. The van der Waals surface area contributed by atoms with Crippen molar-refractivity contribution >= 4 is 23.4 Å². The lowest BCUT2D eigenvalue weighted by molar-refractivity contribution is 0.801. The van der Waals surface area contributed by atoms with E-state index >= 15 is 0 Å². The predicted molar refractivity (Wildman–Crippen MR) is 85.8 cm³/mol. The summed E-state index contributed by atoms with van der Waals surface area (Å²) in [7, 11) is 0. The SMILES string of the molecule is CCCc1nc(Cl)c(C)c(Sc2ccc(C)cc2C)n1. The third kappa shape index (κ3) is 3.53. The number of aromatic nitrogens is 2. The summed E-state index contributed by atoms with van der Waals surface area (Å²) in [4.78, 5) is 10.2. The van der Waals surface area contributed by atoms with Crippen LogP contribution in [0.5, 0.6) is 0 Å². The van der Waals surface area contributed by atoms with Crippen LogP contribution in [-0.2, 0) is 6.42 Å². The van der Waals surface area contributed by atoms with E-state index in [1.54, 1.807) is 11.8 Å². The summed E-state index contributed by atoms with van der Waals surface area (Å²) in [6.45, 7) is 8.33. The molecule has 0 amide bonds.